The summed E-state index contributed by atoms with van der Waals surface area (Å²) < 4.78 is 11.5. The van der Waals surface area contributed by atoms with Crippen LogP contribution in [0.3, 0.4) is 0 Å². The van der Waals surface area contributed by atoms with Gasteiger partial charge in [0.1, 0.15) is 11.5 Å². The molecule has 0 aliphatic carbocycles. The SMILES string of the molecule is CCNCc1cc(CN2CC(C)OCC2C)c(C)o1. The van der Waals surface area contributed by atoms with Crippen molar-refractivity contribution in [1.82, 2.24) is 10.2 Å². The fourth-order valence-electron chi connectivity index (χ4n) is 2.49. The maximum Gasteiger partial charge on any atom is 0.118 e. The first-order valence-electron chi connectivity index (χ1n) is 7.24. The lowest BCUT2D eigenvalue weighted by atomic mass is 10.1. The zero-order valence-corrected chi connectivity index (χ0v) is 12.5. The molecule has 108 valence electrons. The minimum Gasteiger partial charge on any atom is -0.465 e. The van der Waals surface area contributed by atoms with Crippen LogP contribution in [0.4, 0.5) is 0 Å². The van der Waals surface area contributed by atoms with E-state index in [4.69, 9.17) is 9.15 Å². The number of nitrogens with zero attached hydrogens (tertiary/aromatic N) is 1. The Morgan fingerprint density at radius 1 is 1.42 bits per heavy atom. The summed E-state index contributed by atoms with van der Waals surface area (Å²) in [4.78, 5) is 2.48. The summed E-state index contributed by atoms with van der Waals surface area (Å²) >= 11 is 0. The molecule has 4 heteroatoms. The molecule has 4 nitrogen and oxygen atoms in total. The first kappa shape index (κ1) is 14.6. The van der Waals surface area contributed by atoms with Crippen LogP contribution in [0.1, 0.15) is 37.9 Å². The molecule has 1 aliphatic heterocycles. The van der Waals surface area contributed by atoms with Crippen molar-refractivity contribution in [2.45, 2.75) is 52.9 Å². The number of nitrogens with one attached hydrogen (secondary N) is 1. The zero-order valence-electron chi connectivity index (χ0n) is 12.5. The highest BCUT2D eigenvalue weighted by Crippen LogP contribution is 2.20. The van der Waals surface area contributed by atoms with Gasteiger partial charge in [-0.3, -0.25) is 4.90 Å². The second kappa shape index (κ2) is 6.55. The minimum atomic E-state index is 0.324. The second-order valence-electron chi connectivity index (χ2n) is 5.50. The molecule has 2 atom stereocenters. The number of furan rings is 1. The molecule has 1 N–H and O–H groups in total. The summed E-state index contributed by atoms with van der Waals surface area (Å²) in [6.45, 7) is 13.1. The van der Waals surface area contributed by atoms with E-state index in [2.05, 4.69) is 44.0 Å². The first-order valence-corrected chi connectivity index (χ1v) is 7.24. The van der Waals surface area contributed by atoms with Crippen molar-refractivity contribution < 1.29 is 9.15 Å². The monoisotopic (exact) mass is 266 g/mol. The minimum absolute atomic E-state index is 0.324. The third-order valence-electron chi connectivity index (χ3n) is 3.73. The van der Waals surface area contributed by atoms with E-state index in [1.807, 2.05) is 0 Å². The highest BCUT2D eigenvalue weighted by molar-refractivity contribution is 5.21. The van der Waals surface area contributed by atoms with Gasteiger partial charge < -0.3 is 14.5 Å². The summed E-state index contributed by atoms with van der Waals surface area (Å²) in [6, 6.07) is 2.66. The Morgan fingerprint density at radius 3 is 2.95 bits per heavy atom. The quantitative estimate of drug-likeness (QED) is 0.887. The summed E-state index contributed by atoms with van der Waals surface area (Å²) in [5, 5.41) is 3.30. The lowest BCUT2D eigenvalue weighted by molar-refractivity contribution is -0.0527. The Morgan fingerprint density at radius 2 is 2.21 bits per heavy atom. The predicted molar refractivity (Wildman–Crippen MR) is 76.1 cm³/mol. The molecule has 19 heavy (non-hydrogen) atoms. The Kier molecular flexibility index (Phi) is 5.02. The molecule has 1 fully saturated rings. The summed E-state index contributed by atoms with van der Waals surface area (Å²) in [6.07, 6.45) is 0.324. The molecule has 2 rings (SSSR count). The fourth-order valence-corrected chi connectivity index (χ4v) is 2.49. The summed E-state index contributed by atoms with van der Waals surface area (Å²) in [5.74, 6) is 2.07. The number of ether oxygens (including phenoxy) is 1. The highest BCUT2D eigenvalue weighted by Gasteiger charge is 2.24. The standard InChI is InChI=1S/C15H26N2O2/c1-5-16-7-15-6-14(13(4)19-15)9-17-8-12(3)18-10-11(17)2/h6,11-12,16H,5,7-10H2,1-4H3. The third kappa shape index (κ3) is 3.81. The van der Waals surface area contributed by atoms with Gasteiger partial charge in [-0.05, 0) is 33.4 Å². The average molecular weight is 266 g/mol. The topological polar surface area (TPSA) is 37.6 Å². The van der Waals surface area contributed by atoms with E-state index in [0.717, 1.165) is 44.3 Å². The van der Waals surface area contributed by atoms with Crippen molar-refractivity contribution >= 4 is 0 Å². The molecule has 1 aromatic heterocycles. The van der Waals surface area contributed by atoms with Crippen LogP contribution in [0.25, 0.3) is 0 Å². The molecule has 0 radical (unpaired) electrons. The predicted octanol–water partition coefficient (Wildman–Crippen LogP) is 2.31. The van der Waals surface area contributed by atoms with Gasteiger partial charge in [-0.2, -0.15) is 0 Å². The van der Waals surface area contributed by atoms with Gasteiger partial charge in [-0.15, -0.1) is 0 Å². The Labute approximate surface area is 116 Å². The lowest BCUT2D eigenvalue weighted by Gasteiger charge is -2.36. The van der Waals surface area contributed by atoms with Crippen molar-refractivity contribution in [2.24, 2.45) is 0 Å². The largest absolute Gasteiger partial charge is 0.465 e. The Bertz CT molecular complexity index is 403. The van der Waals surface area contributed by atoms with Crippen molar-refractivity contribution in [3.05, 3.63) is 23.2 Å². The molecule has 1 aliphatic rings. The van der Waals surface area contributed by atoms with Crippen LogP contribution < -0.4 is 5.32 Å². The van der Waals surface area contributed by atoms with E-state index >= 15 is 0 Å². The molecule has 0 spiro atoms. The van der Waals surface area contributed by atoms with Crippen LogP contribution in [-0.2, 0) is 17.8 Å². The van der Waals surface area contributed by atoms with Crippen molar-refractivity contribution in [1.29, 1.82) is 0 Å². The molecule has 0 saturated carbocycles. The van der Waals surface area contributed by atoms with Gasteiger partial charge in [-0.25, -0.2) is 0 Å². The molecule has 2 unspecified atom stereocenters. The maximum atomic E-state index is 5.80. The van der Waals surface area contributed by atoms with Crippen molar-refractivity contribution in [3.63, 3.8) is 0 Å². The number of rotatable bonds is 5. The van der Waals surface area contributed by atoms with Gasteiger partial charge in [0.15, 0.2) is 0 Å². The van der Waals surface area contributed by atoms with Crippen LogP contribution in [0.5, 0.6) is 0 Å². The number of hydrogen-bond acceptors (Lipinski definition) is 4. The molecular weight excluding hydrogens is 240 g/mol. The van der Waals surface area contributed by atoms with Gasteiger partial charge in [-0.1, -0.05) is 6.92 Å². The van der Waals surface area contributed by atoms with Crippen LogP contribution in [-0.4, -0.2) is 36.7 Å². The summed E-state index contributed by atoms with van der Waals surface area (Å²) in [5.41, 5.74) is 1.30. The van der Waals surface area contributed by atoms with Gasteiger partial charge in [0, 0.05) is 24.7 Å². The first-order chi connectivity index (χ1) is 9.10. The van der Waals surface area contributed by atoms with Crippen molar-refractivity contribution in [2.75, 3.05) is 19.7 Å². The Balaban J connectivity index is 1.99. The molecule has 0 aromatic carbocycles. The Hall–Kier alpha value is -0.840. The lowest BCUT2D eigenvalue weighted by Crippen LogP contribution is -2.46. The van der Waals surface area contributed by atoms with E-state index in [1.165, 1.54) is 5.56 Å². The smallest absolute Gasteiger partial charge is 0.118 e. The van der Waals surface area contributed by atoms with Gasteiger partial charge in [0.2, 0.25) is 0 Å². The highest BCUT2D eigenvalue weighted by atomic mass is 16.5. The third-order valence-corrected chi connectivity index (χ3v) is 3.73. The van der Waals surface area contributed by atoms with Gasteiger partial charge in [0.05, 0.1) is 19.3 Å². The van der Waals surface area contributed by atoms with Crippen LogP contribution in [0.15, 0.2) is 10.5 Å². The van der Waals surface area contributed by atoms with Crippen LogP contribution >= 0.6 is 0 Å². The van der Waals surface area contributed by atoms with E-state index in [-0.39, 0.29) is 0 Å². The number of hydrogen-bond donors (Lipinski definition) is 1. The normalized spacial score (nSPS) is 24.8. The van der Waals surface area contributed by atoms with E-state index in [9.17, 15) is 0 Å². The van der Waals surface area contributed by atoms with Crippen molar-refractivity contribution in [3.8, 4) is 0 Å². The van der Waals surface area contributed by atoms with Crippen LogP contribution in [0.2, 0.25) is 0 Å². The van der Waals surface area contributed by atoms with Crippen LogP contribution in [0, 0.1) is 6.92 Å². The molecule has 2 heterocycles. The number of morpholine rings is 1. The zero-order chi connectivity index (χ0) is 13.8. The molecule has 1 aromatic rings. The van der Waals surface area contributed by atoms with Gasteiger partial charge >= 0.3 is 0 Å². The van der Waals surface area contributed by atoms with E-state index < -0.39 is 0 Å². The molecular formula is C15H26N2O2. The fraction of sp³-hybridized carbons (Fsp3) is 0.733. The van der Waals surface area contributed by atoms with Gasteiger partial charge in [0.25, 0.3) is 0 Å². The molecule has 0 bridgehead atoms. The number of aryl methyl sites for hydroxylation is 1. The van der Waals surface area contributed by atoms with E-state index in [0.29, 0.717) is 12.1 Å². The molecule has 0 amide bonds. The average Bonchev–Trinajstić information content (AvgIpc) is 2.72. The van der Waals surface area contributed by atoms with E-state index in [1.54, 1.807) is 0 Å². The maximum absolute atomic E-state index is 5.80. The molecule has 1 saturated heterocycles. The second-order valence-corrected chi connectivity index (χ2v) is 5.50. The summed E-state index contributed by atoms with van der Waals surface area (Å²) in [7, 11) is 0.